The Kier molecular flexibility index (Phi) is 8.97. The first-order chi connectivity index (χ1) is 21.1. The van der Waals surface area contributed by atoms with E-state index >= 15 is 0 Å². The van der Waals surface area contributed by atoms with Gasteiger partial charge in [0.25, 0.3) is 0 Å². The lowest BCUT2D eigenvalue weighted by Crippen LogP contribution is -2.72. The molecule has 0 N–H and O–H groups in total. The molecule has 0 spiro atoms. The average molecular weight is 744 g/mol. The van der Waals surface area contributed by atoms with E-state index in [9.17, 15) is 93.4 Å². The maximum absolute atomic E-state index is 14.5. The van der Waals surface area contributed by atoms with Gasteiger partial charge >= 0.3 is 65.8 Å². The highest BCUT2D eigenvalue weighted by Crippen LogP contribution is 2.63. The van der Waals surface area contributed by atoms with E-state index in [-0.39, 0.29) is 6.42 Å². The predicted molar refractivity (Wildman–Crippen MR) is 114 cm³/mol. The Morgan fingerprint density at radius 1 is 0.625 bits per heavy atom. The van der Waals surface area contributed by atoms with Crippen molar-refractivity contribution < 1.29 is 108 Å². The van der Waals surface area contributed by atoms with Crippen LogP contribution in [0.3, 0.4) is 0 Å². The maximum Gasteiger partial charge on any atom is 0.460 e. The molecule has 24 heteroatoms. The number of hydrogen-bond acceptors (Lipinski definition) is 6. The van der Waals surface area contributed by atoms with Crippen molar-refractivity contribution in [3.63, 3.8) is 0 Å². The molecule has 4 aliphatic rings. The van der Waals surface area contributed by atoms with Gasteiger partial charge in [-0.1, -0.05) is 6.58 Å². The highest BCUT2D eigenvalue weighted by Gasteiger charge is 2.86. The molecule has 4 fully saturated rings. The summed E-state index contributed by atoms with van der Waals surface area (Å²) in [6, 6.07) is 0. The van der Waals surface area contributed by atoms with Gasteiger partial charge in [0.15, 0.2) is 5.60 Å². The Balaban J connectivity index is 2.12. The van der Waals surface area contributed by atoms with Gasteiger partial charge in [-0.25, -0.2) is 14.4 Å². The maximum atomic E-state index is 14.5. The van der Waals surface area contributed by atoms with Crippen LogP contribution in [-0.2, 0) is 28.6 Å². The number of carbonyl (C=O) groups is 3. The lowest BCUT2D eigenvalue weighted by atomic mass is 9.50. The van der Waals surface area contributed by atoms with E-state index in [1.807, 2.05) is 0 Å². The molecule has 0 aromatic heterocycles. The zero-order chi connectivity index (χ0) is 37.7. The highest BCUT2D eigenvalue weighted by molar-refractivity contribution is 5.87. The molecule has 0 amide bonds. The Morgan fingerprint density at radius 3 is 1.48 bits per heavy atom. The summed E-state index contributed by atoms with van der Waals surface area (Å²) in [5.74, 6) is -57.3. The number of alkyl halides is 18. The first-order valence-corrected chi connectivity index (χ1v) is 12.8. The highest BCUT2D eigenvalue weighted by atomic mass is 19.4. The van der Waals surface area contributed by atoms with Crippen molar-refractivity contribution in [2.45, 2.75) is 104 Å². The summed E-state index contributed by atoms with van der Waals surface area (Å²) in [5, 5.41) is 0. The standard InChI is InChI=1S/C24H18F18O6/c1-8(2)12(43)47-15-4-9-3-10(6-15)11(46-13(44)17(25,26)19(29,30)21(33,34)23(37,38)39)16(5-9,7-15)48-14(45)18(27,28)20(31,32)22(35,36)24(40,41)42/h9-11H,1,3-7H2,2H3. The second-order valence-corrected chi connectivity index (χ2v) is 11.7. The minimum Gasteiger partial charge on any atom is -0.456 e. The molecule has 0 saturated heterocycles. The Hall–Kier alpha value is -3.11. The van der Waals surface area contributed by atoms with Gasteiger partial charge in [-0.3, -0.25) is 0 Å². The van der Waals surface area contributed by atoms with Crippen LogP contribution in [-0.4, -0.2) is 83.1 Å². The summed E-state index contributed by atoms with van der Waals surface area (Å²) >= 11 is 0. The molecule has 4 aliphatic carbocycles. The van der Waals surface area contributed by atoms with Crippen LogP contribution in [0.25, 0.3) is 0 Å². The smallest absolute Gasteiger partial charge is 0.456 e. The van der Waals surface area contributed by atoms with E-state index in [2.05, 4.69) is 16.1 Å². The summed E-state index contributed by atoms with van der Waals surface area (Å²) in [7, 11) is 0. The Labute approximate surface area is 254 Å². The van der Waals surface area contributed by atoms with Crippen molar-refractivity contribution in [3.05, 3.63) is 12.2 Å². The molecule has 6 nitrogen and oxygen atoms in total. The molecule has 0 aromatic carbocycles. The summed E-state index contributed by atoms with van der Waals surface area (Å²) in [6.45, 7) is 4.21. The topological polar surface area (TPSA) is 78.9 Å². The Bertz CT molecular complexity index is 1350. The van der Waals surface area contributed by atoms with Gasteiger partial charge in [0.05, 0.1) is 0 Å². The molecule has 0 radical (unpaired) electrons. The molecule has 5 atom stereocenters. The fourth-order valence-electron chi connectivity index (χ4n) is 6.15. The fraction of sp³-hybridized carbons (Fsp3) is 0.792. The lowest BCUT2D eigenvalue weighted by Gasteiger charge is -2.62. The second kappa shape index (κ2) is 10.9. The third kappa shape index (κ3) is 5.60. The molecule has 276 valence electrons. The molecular weight excluding hydrogens is 726 g/mol. The molecular formula is C24H18F18O6. The number of ether oxygens (including phenoxy) is 3. The molecule has 4 saturated carbocycles. The van der Waals surface area contributed by atoms with Gasteiger partial charge in [-0.2, -0.15) is 79.0 Å². The Morgan fingerprint density at radius 2 is 1.06 bits per heavy atom. The lowest BCUT2D eigenvalue weighted by molar-refractivity contribution is -0.394. The van der Waals surface area contributed by atoms with Crippen LogP contribution in [0.5, 0.6) is 0 Å². The van der Waals surface area contributed by atoms with Crippen LogP contribution in [0.15, 0.2) is 12.2 Å². The van der Waals surface area contributed by atoms with Crippen LogP contribution in [0.2, 0.25) is 0 Å². The normalized spacial score (nSPS) is 28.6. The van der Waals surface area contributed by atoms with E-state index in [4.69, 9.17) is 4.74 Å². The minimum atomic E-state index is -7.68. The predicted octanol–water partition coefficient (Wildman–Crippen LogP) is 7.20. The van der Waals surface area contributed by atoms with Crippen LogP contribution < -0.4 is 0 Å². The number of rotatable bonds is 10. The van der Waals surface area contributed by atoms with E-state index in [0.717, 1.165) is 6.92 Å². The number of esters is 3. The summed E-state index contributed by atoms with van der Waals surface area (Å²) in [4.78, 5) is 36.7. The summed E-state index contributed by atoms with van der Waals surface area (Å²) in [5.41, 5.74) is -6.00. The fourth-order valence-corrected chi connectivity index (χ4v) is 6.15. The first-order valence-electron chi connectivity index (χ1n) is 12.8. The molecule has 5 unspecified atom stereocenters. The summed E-state index contributed by atoms with van der Waals surface area (Å²) in [6.07, 6.45) is -22.2. The molecule has 4 bridgehead atoms. The van der Waals surface area contributed by atoms with Gasteiger partial charge in [-0.05, 0) is 38.5 Å². The van der Waals surface area contributed by atoms with Crippen molar-refractivity contribution in [2.75, 3.05) is 0 Å². The number of carbonyl (C=O) groups excluding carboxylic acids is 3. The monoisotopic (exact) mass is 744 g/mol. The average Bonchev–Trinajstić information content (AvgIpc) is 2.87. The second-order valence-electron chi connectivity index (χ2n) is 11.7. The van der Waals surface area contributed by atoms with Crippen molar-refractivity contribution in [2.24, 2.45) is 11.8 Å². The number of hydrogen-bond donors (Lipinski definition) is 0. The quantitative estimate of drug-likeness (QED) is 0.102. The van der Waals surface area contributed by atoms with E-state index in [1.165, 1.54) is 0 Å². The summed E-state index contributed by atoms with van der Waals surface area (Å²) < 4.78 is 256. The van der Waals surface area contributed by atoms with Crippen LogP contribution in [0.1, 0.15) is 39.0 Å². The third-order valence-corrected chi connectivity index (χ3v) is 8.12. The van der Waals surface area contributed by atoms with Crippen LogP contribution in [0, 0.1) is 11.8 Å². The van der Waals surface area contributed by atoms with Gasteiger partial charge in [0.1, 0.15) is 11.7 Å². The molecule has 4 rings (SSSR count). The zero-order valence-corrected chi connectivity index (χ0v) is 23.2. The first kappa shape index (κ1) is 39.3. The molecule has 0 aromatic rings. The van der Waals surface area contributed by atoms with Crippen molar-refractivity contribution in [1.29, 1.82) is 0 Å². The van der Waals surface area contributed by atoms with Crippen LogP contribution in [0.4, 0.5) is 79.0 Å². The largest absolute Gasteiger partial charge is 0.460 e. The minimum absolute atomic E-state index is 0.382. The molecule has 0 heterocycles. The third-order valence-electron chi connectivity index (χ3n) is 8.12. The van der Waals surface area contributed by atoms with E-state index < -0.39 is 126 Å². The van der Waals surface area contributed by atoms with Gasteiger partial charge in [0.2, 0.25) is 0 Å². The van der Waals surface area contributed by atoms with Crippen molar-refractivity contribution in [3.8, 4) is 0 Å². The van der Waals surface area contributed by atoms with E-state index in [1.54, 1.807) is 0 Å². The SMILES string of the molecule is C=C(C)C(=O)OC12CC3CC(C1)C(OC(=O)C(F)(F)C(F)(F)C(F)(F)C(F)(F)F)C(OC(=O)C(F)(F)C(F)(F)C(F)(F)C(F)(F)F)(C3)C2. The van der Waals surface area contributed by atoms with Gasteiger partial charge in [-0.15, -0.1) is 0 Å². The van der Waals surface area contributed by atoms with Gasteiger partial charge < -0.3 is 14.2 Å². The van der Waals surface area contributed by atoms with E-state index in [0.29, 0.717) is 0 Å². The van der Waals surface area contributed by atoms with Crippen molar-refractivity contribution in [1.82, 2.24) is 0 Å². The molecule has 0 aliphatic heterocycles. The van der Waals surface area contributed by atoms with Crippen LogP contribution >= 0.6 is 0 Å². The van der Waals surface area contributed by atoms with Crippen molar-refractivity contribution >= 4 is 17.9 Å². The van der Waals surface area contributed by atoms with Gasteiger partial charge in [0, 0.05) is 17.9 Å². The molecule has 48 heavy (non-hydrogen) atoms. The zero-order valence-electron chi connectivity index (χ0n) is 23.2. The number of halogens is 18.